The number of hydrogen-bond donors (Lipinski definition) is 4. The Kier molecular flexibility index (Phi) is 12.9. The quantitative estimate of drug-likeness (QED) is 0.0992. The van der Waals surface area contributed by atoms with E-state index in [0.717, 1.165) is 85.6 Å². The van der Waals surface area contributed by atoms with Crippen LogP contribution in [0.5, 0.6) is 0 Å². The summed E-state index contributed by atoms with van der Waals surface area (Å²) in [6, 6.07) is 11.0. The van der Waals surface area contributed by atoms with E-state index in [-0.39, 0.29) is 39.9 Å². The minimum absolute atomic E-state index is 0.00941. The molecule has 4 heterocycles. The average Bonchev–Trinajstić information content (AvgIpc) is 3.86. The lowest BCUT2D eigenvalue weighted by Crippen LogP contribution is -2.29. The smallest absolute Gasteiger partial charge is 0.386 e. The Hall–Kier alpha value is -5.04. The molecule has 1 atom stereocenters. The van der Waals surface area contributed by atoms with Crippen molar-refractivity contribution in [3.63, 3.8) is 0 Å². The number of anilines is 2. The van der Waals surface area contributed by atoms with Crippen molar-refractivity contribution in [1.82, 2.24) is 19.9 Å². The highest BCUT2D eigenvalue weighted by Crippen LogP contribution is 2.44. The molecular formula is C48H50F6N6O4S2. The van der Waals surface area contributed by atoms with Gasteiger partial charge in [-0.15, -0.1) is 22.7 Å². The molecule has 350 valence electrons. The predicted molar refractivity (Wildman–Crippen MR) is 243 cm³/mol. The van der Waals surface area contributed by atoms with E-state index < -0.39 is 64.6 Å². The van der Waals surface area contributed by atoms with Crippen molar-refractivity contribution in [3.8, 4) is 0 Å². The summed E-state index contributed by atoms with van der Waals surface area (Å²) in [6.45, 7) is 8.79. The van der Waals surface area contributed by atoms with Gasteiger partial charge in [0, 0.05) is 40.8 Å². The maximum Gasteiger partial charge on any atom is 0.433 e. The van der Waals surface area contributed by atoms with Gasteiger partial charge in [0.2, 0.25) is 0 Å². The number of alkyl halides is 6. The number of nitrogens with one attached hydrogen (secondary N) is 2. The predicted octanol–water partition coefficient (Wildman–Crippen LogP) is 12.5. The van der Waals surface area contributed by atoms with Gasteiger partial charge in [-0.3, -0.25) is 9.59 Å². The SMILES string of the molecule is CC1CCC(c2nc3cc(C(C)(C)O)c(NC(=O)c4nc(C(F)(F)F)ccc4CC(C)(O)c4cc5nc(C6CCC(C)CC6)sc5cc4NC(=O)c4cccc(C(F)(F)F)n4)cc3s2)CC1. The van der Waals surface area contributed by atoms with E-state index in [1.54, 1.807) is 18.2 Å². The van der Waals surface area contributed by atoms with Crippen LogP contribution in [0.3, 0.4) is 0 Å². The number of aliphatic hydroxyl groups is 2. The standard InChI is InChI=1S/C48H50F6N6O4S2/c1-24-9-13-26(14-10-24)43-58-34-19-29(45(3,4)63)32(21-36(34)65-43)57-42(62)40-28(17-18-39(60-40)48(52,53)54)23-46(5,64)30-20-35-37(66-44(59-35)27-15-11-25(2)12-16-27)22-33(30)56-41(61)31-7-6-8-38(55-31)47(49,50)51/h6-8,17-22,24-27,63-64H,9-16,23H2,1-5H3,(H,56,61)(H,57,62). The van der Waals surface area contributed by atoms with Crippen molar-refractivity contribution in [2.45, 2.75) is 128 Å². The maximum absolute atomic E-state index is 14.4. The molecule has 1 unspecified atom stereocenters. The first-order valence-electron chi connectivity index (χ1n) is 22.0. The minimum atomic E-state index is -4.96. The normalized spacial score (nSPS) is 20.6. The molecule has 10 nitrogen and oxygen atoms in total. The molecule has 2 amide bonds. The van der Waals surface area contributed by atoms with Crippen molar-refractivity contribution < 1.29 is 46.1 Å². The van der Waals surface area contributed by atoms with Crippen LogP contribution in [0.25, 0.3) is 20.4 Å². The van der Waals surface area contributed by atoms with Crippen molar-refractivity contribution in [2.24, 2.45) is 11.8 Å². The number of halogens is 6. The highest BCUT2D eigenvalue weighted by atomic mass is 32.1. The number of benzene rings is 2. The number of hydrogen-bond acceptors (Lipinski definition) is 10. The molecule has 0 bridgehead atoms. The van der Waals surface area contributed by atoms with E-state index in [2.05, 4.69) is 34.4 Å². The number of carbonyl (C=O) groups excluding carboxylic acids is 2. The van der Waals surface area contributed by atoms with Crippen molar-refractivity contribution in [3.05, 3.63) is 104 Å². The summed E-state index contributed by atoms with van der Waals surface area (Å²) < 4.78 is 85.0. The molecule has 0 saturated heterocycles. The number of thiazole rings is 2. The summed E-state index contributed by atoms with van der Waals surface area (Å²) in [5.41, 5.74) is -6.07. The van der Waals surface area contributed by atoms with Gasteiger partial charge in [-0.2, -0.15) is 26.3 Å². The summed E-state index contributed by atoms with van der Waals surface area (Å²) in [4.78, 5) is 45.1. The highest BCUT2D eigenvalue weighted by Gasteiger charge is 2.38. The Morgan fingerprint density at radius 1 is 0.636 bits per heavy atom. The van der Waals surface area contributed by atoms with Crippen LogP contribution in [0.4, 0.5) is 37.7 Å². The van der Waals surface area contributed by atoms with E-state index >= 15 is 0 Å². The van der Waals surface area contributed by atoms with Crippen LogP contribution in [-0.4, -0.2) is 42.0 Å². The average molecular weight is 953 g/mol. The molecule has 0 aliphatic heterocycles. The van der Waals surface area contributed by atoms with Crippen LogP contribution < -0.4 is 10.6 Å². The largest absolute Gasteiger partial charge is 0.433 e. The Morgan fingerprint density at radius 2 is 1.12 bits per heavy atom. The molecule has 2 aliphatic carbocycles. The van der Waals surface area contributed by atoms with Crippen molar-refractivity contribution >= 4 is 66.3 Å². The Balaban J connectivity index is 1.17. The number of pyridine rings is 2. The minimum Gasteiger partial charge on any atom is -0.386 e. The van der Waals surface area contributed by atoms with Crippen LogP contribution in [0, 0.1) is 11.8 Å². The van der Waals surface area contributed by atoms with E-state index in [0.29, 0.717) is 38.3 Å². The zero-order chi connectivity index (χ0) is 47.5. The summed E-state index contributed by atoms with van der Waals surface area (Å²) >= 11 is 2.86. The number of carbonyl (C=O) groups is 2. The Morgan fingerprint density at radius 3 is 1.64 bits per heavy atom. The van der Waals surface area contributed by atoms with Crippen LogP contribution in [0.1, 0.15) is 157 Å². The number of fused-ring (bicyclic) bond motifs is 2. The molecule has 2 aliphatic rings. The first-order valence-corrected chi connectivity index (χ1v) is 23.6. The summed E-state index contributed by atoms with van der Waals surface area (Å²) in [7, 11) is 0. The fraction of sp³-hybridized carbons (Fsp3) is 0.458. The second kappa shape index (κ2) is 17.9. The number of aromatic nitrogens is 4. The molecule has 4 N–H and O–H groups in total. The van der Waals surface area contributed by atoms with Gasteiger partial charge in [-0.05, 0) is 106 Å². The van der Waals surface area contributed by atoms with Crippen LogP contribution >= 0.6 is 22.7 Å². The Labute approximate surface area is 385 Å². The van der Waals surface area contributed by atoms with Gasteiger partial charge in [0.25, 0.3) is 11.8 Å². The molecule has 2 saturated carbocycles. The lowest BCUT2D eigenvalue weighted by molar-refractivity contribution is -0.142. The van der Waals surface area contributed by atoms with Crippen molar-refractivity contribution in [1.29, 1.82) is 0 Å². The second-order valence-electron chi connectivity index (χ2n) is 18.8. The molecule has 0 spiro atoms. The van der Waals surface area contributed by atoms with Gasteiger partial charge in [-0.25, -0.2) is 19.9 Å². The first-order chi connectivity index (χ1) is 30.9. The lowest BCUT2D eigenvalue weighted by atomic mass is 9.83. The topological polar surface area (TPSA) is 150 Å². The van der Waals surface area contributed by atoms with Crippen LogP contribution in [0.15, 0.2) is 54.6 Å². The van der Waals surface area contributed by atoms with E-state index in [4.69, 9.17) is 9.97 Å². The van der Waals surface area contributed by atoms with Crippen molar-refractivity contribution in [2.75, 3.05) is 10.6 Å². The summed E-state index contributed by atoms with van der Waals surface area (Å²) in [5.74, 6) is -0.429. The van der Waals surface area contributed by atoms with Crippen LogP contribution in [-0.2, 0) is 30.0 Å². The van der Waals surface area contributed by atoms with Gasteiger partial charge in [0.15, 0.2) is 0 Å². The zero-order valence-electron chi connectivity index (χ0n) is 37.0. The third-order valence-corrected chi connectivity index (χ3v) is 15.2. The van der Waals surface area contributed by atoms with E-state index in [9.17, 15) is 46.1 Å². The number of nitrogens with zero attached hydrogens (tertiary/aromatic N) is 4. The summed E-state index contributed by atoms with van der Waals surface area (Å²) in [5, 5.41) is 30.9. The van der Waals surface area contributed by atoms with Crippen LogP contribution in [0.2, 0.25) is 0 Å². The molecule has 18 heteroatoms. The number of amides is 2. The van der Waals surface area contributed by atoms with Gasteiger partial charge < -0.3 is 20.8 Å². The van der Waals surface area contributed by atoms with E-state index in [1.807, 2.05) is 0 Å². The fourth-order valence-electron chi connectivity index (χ4n) is 9.04. The van der Waals surface area contributed by atoms with Gasteiger partial charge in [-0.1, -0.05) is 51.7 Å². The molecule has 2 fully saturated rings. The fourth-order valence-corrected chi connectivity index (χ4v) is 11.4. The monoisotopic (exact) mass is 952 g/mol. The third-order valence-electron chi connectivity index (χ3n) is 12.8. The molecule has 66 heavy (non-hydrogen) atoms. The molecular weight excluding hydrogens is 903 g/mol. The molecule has 8 rings (SSSR count). The van der Waals surface area contributed by atoms with E-state index in [1.165, 1.54) is 49.5 Å². The second-order valence-corrected chi connectivity index (χ2v) is 20.9. The molecule has 4 aromatic heterocycles. The molecule has 6 aromatic rings. The third kappa shape index (κ3) is 10.3. The maximum atomic E-state index is 14.4. The zero-order valence-corrected chi connectivity index (χ0v) is 38.6. The first kappa shape index (κ1) is 47.5. The van der Waals surface area contributed by atoms with Gasteiger partial charge in [0.05, 0.1) is 41.7 Å². The van der Waals surface area contributed by atoms with Gasteiger partial charge in [0.1, 0.15) is 22.8 Å². The number of rotatable bonds is 10. The highest BCUT2D eigenvalue weighted by molar-refractivity contribution is 7.19. The lowest BCUT2D eigenvalue weighted by Gasteiger charge is -2.28. The molecule has 2 aromatic carbocycles. The molecule has 0 radical (unpaired) electrons. The van der Waals surface area contributed by atoms with Gasteiger partial charge >= 0.3 is 12.4 Å². The summed E-state index contributed by atoms with van der Waals surface area (Å²) in [6.07, 6.45) is -2.34. The Bertz CT molecular complexity index is 2800.